The molecule has 0 unspecified atom stereocenters. The molecule has 0 saturated carbocycles. The second-order valence-electron chi connectivity index (χ2n) is 6.92. The molecule has 0 aromatic heterocycles. The summed E-state index contributed by atoms with van der Waals surface area (Å²) >= 11 is 0. The fourth-order valence-corrected chi connectivity index (χ4v) is 3.68. The summed E-state index contributed by atoms with van der Waals surface area (Å²) in [4.78, 5) is 0. The first kappa shape index (κ1) is 17.2. The average molecular weight is 324 g/mol. The van der Waals surface area contributed by atoms with Crippen LogP contribution in [0.1, 0.15) is 42.9 Å². The maximum atomic E-state index is 6.43. The molecule has 0 bridgehead atoms. The Morgan fingerprint density at radius 1 is 1.04 bits per heavy atom. The topological polar surface area (TPSA) is 18.5 Å². The zero-order chi connectivity index (χ0) is 16.9. The lowest BCUT2D eigenvalue weighted by molar-refractivity contribution is -0.130. The van der Waals surface area contributed by atoms with E-state index in [1.807, 2.05) is 6.07 Å². The monoisotopic (exact) mass is 324 g/mol. The number of hydrogen-bond donors (Lipinski definition) is 0. The van der Waals surface area contributed by atoms with Crippen LogP contribution in [0.15, 0.2) is 54.6 Å². The third-order valence-corrected chi connectivity index (χ3v) is 5.18. The minimum atomic E-state index is 0.187. The van der Waals surface area contributed by atoms with Crippen LogP contribution in [0, 0.1) is 12.8 Å². The van der Waals surface area contributed by atoms with Crippen molar-refractivity contribution >= 4 is 0 Å². The zero-order valence-electron chi connectivity index (χ0n) is 14.9. The third-order valence-electron chi connectivity index (χ3n) is 5.18. The molecule has 0 aliphatic carbocycles. The largest absolute Gasteiger partial charge is 0.377 e. The molecule has 0 amide bonds. The van der Waals surface area contributed by atoms with Crippen molar-refractivity contribution in [3.8, 4) is 0 Å². The van der Waals surface area contributed by atoms with E-state index in [1.165, 1.54) is 16.7 Å². The Morgan fingerprint density at radius 3 is 2.42 bits per heavy atom. The fraction of sp³-hybridized carbons (Fsp3) is 0.455. The van der Waals surface area contributed by atoms with Gasteiger partial charge in [-0.3, -0.25) is 0 Å². The van der Waals surface area contributed by atoms with E-state index in [-0.39, 0.29) is 12.2 Å². The Kier molecular flexibility index (Phi) is 5.70. The fourth-order valence-electron chi connectivity index (χ4n) is 3.68. The van der Waals surface area contributed by atoms with Gasteiger partial charge in [-0.05, 0) is 24.5 Å². The minimum absolute atomic E-state index is 0.187. The summed E-state index contributed by atoms with van der Waals surface area (Å²) in [6.07, 6.45) is 1.51. The molecular formula is C22H28O2. The summed E-state index contributed by atoms with van der Waals surface area (Å²) in [6, 6.07) is 19.2. The van der Waals surface area contributed by atoms with Crippen LogP contribution in [0.2, 0.25) is 0 Å². The highest BCUT2D eigenvalue weighted by Gasteiger charge is 2.38. The first-order valence-corrected chi connectivity index (χ1v) is 9.02. The number of aryl methyl sites for hydroxylation is 1. The summed E-state index contributed by atoms with van der Waals surface area (Å²) in [5.74, 6) is 0.686. The summed E-state index contributed by atoms with van der Waals surface area (Å²) in [7, 11) is 0. The van der Waals surface area contributed by atoms with Crippen LogP contribution >= 0.6 is 0 Å². The average Bonchev–Trinajstić information content (AvgIpc) is 2.62. The lowest BCUT2D eigenvalue weighted by Crippen LogP contribution is -2.44. The lowest BCUT2D eigenvalue weighted by Gasteiger charge is -2.41. The Labute approximate surface area is 145 Å². The van der Waals surface area contributed by atoms with Gasteiger partial charge in [-0.2, -0.15) is 0 Å². The predicted octanol–water partition coefficient (Wildman–Crippen LogP) is 5.11. The Morgan fingerprint density at radius 2 is 1.75 bits per heavy atom. The maximum Gasteiger partial charge on any atom is 0.0721 e. The van der Waals surface area contributed by atoms with Crippen molar-refractivity contribution in [2.75, 3.05) is 6.61 Å². The van der Waals surface area contributed by atoms with Crippen molar-refractivity contribution in [2.45, 2.75) is 51.9 Å². The van der Waals surface area contributed by atoms with Gasteiger partial charge in [-0.15, -0.1) is 0 Å². The Hall–Kier alpha value is -1.64. The van der Waals surface area contributed by atoms with Crippen LogP contribution in [0.5, 0.6) is 0 Å². The van der Waals surface area contributed by atoms with E-state index in [2.05, 4.69) is 69.3 Å². The number of ether oxygens (including phenoxy) is 2. The van der Waals surface area contributed by atoms with Gasteiger partial charge in [0.15, 0.2) is 0 Å². The summed E-state index contributed by atoms with van der Waals surface area (Å²) < 4.78 is 12.6. The smallest absolute Gasteiger partial charge is 0.0721 e. The zero-order valence-corrected chi connectivity index (χ0v) is 14.9. The standard InChI is InChI=1S/C22H28O2/c1-4-21-17(3)22(24-14-18-8-6-5-7-9-18)20(15-23-21)19-12-10-16(2)11-13-19/h5-13,17,20-22H,4,14-15H2,1-3H3/t17-,20-,21+,22-/m0/s1. The molecule has 2 heteroatoms. The second-order valence-corrected chi connectivity index (χ2v) is 6.92. The van der Waals surface area contributed by atoms with Crippen LogP contribution in [0.4, 0.5) is 0 Å². The van der Waals surface area contributed by atoms with E-state index in [4.69, 9.17) is 9.47 Å². The Bertz CT molecular complexity index is 620. The molecule has 1 saturated heterocycles. The maximum absolute atomic E-state index is 6.43. The summed E-state index contributed by atoms with van der Waals surface area (Å²) in [6.45, 7) is 7.99. The van der Waals surface area contributed by atoms with Gasteiger partial charge in [0.2, 0.25) is 0 Å². The van der Waals surface area contributed by atoms with Crippen LogP contribution < -0.4 is 0 Å². The first-order chi connectivity index (χ1) is 11.7. The molecule has 2 aromatic carbocycles. The normalized spacial score (nSPS) is 27.1. The Balaban J connectivity index is 1.78. The van der Waals surface area contributed by atoms with Crippen molar-refractivity contribution in [3.05, 3.63) is 71.3 Å². The SMILES string of the molecule is CC[C@H]1OC[C@@H](c2ccc(C)cc2)[C@@H](OCc2ccccc2)[C@H]1C. The van der Waals surface area contributed by atoms with Crippen molar-refractivity contribution in [2.24, 2.45) is 5.92 Å². The van der Waals surface area contributed by atoms with Crippen molar-refractivity contribution in [1.29, 1.82) is 0 Å². The van der Waals surface area contributed by atoms with Crippen molar-refractivity contribution in [3.63, 3.8) is 0 Å². The number of hydrogen-bond acceptors (Lipinski definition) is 2. The van der Waals surface area contributed by atoms with E-state index in [1.54, 1.807) is 0 Å². The van der Waals surface area contributed by atoms with E-state index < -0.39 is 0 Å². The van der Waals surface area contributed by atoms with Crippen LogP contribution in [-0.4, -0.2) is 18.8 Å². The van der Waals surface area contributed by atoms with E-state index in [0.717, 1.165) is 13.0 Å². The molecule has 3 rings (SSSR count). The van der Waals surface area contributed by atoms with Gasteiger partial charge in [0.25, 0.3) is 0 Å². The number of benzene rings is 2. The van der Waals surface area contributed by atoms with Gasteiger partial charge in [0.05, 0.1) is 25.4 Å². The van der Waals surface area contributed by atoms with E-state index in [9.17, 15) is 0 Å². The molecule has 2 aromatic rings. The van der Waals surface area contributed by atoms with Crippen LogP contribution in [0.3, 0.4) is 0 Å². The van der Waals surface area contributed by atoms with Crippen molar-refractivity contribution in [1.82, 2.24) is 0 Å². The van der Waals surface area contributed by atoms with Crippen LogP contribution in [0.25, 0.3) is 0 Å². The quantitative estimate of drug-likeness (QED) is 0.761. The molecule has 0 radical (unpaired) electrons. The van der Waals surface area contributed by atoms with Gasteiger partial charge in [0.1, 0.15) is 0 Å². The molecular weight excluding hydrogens is 296 g/mol. The highest BCUT2D eigenvalue weighted by atomic mass is 16.5. The molecule has 4 atom stereocenters. The molecule has 0 N–H and O–H groups in total. The van der Waals surface area contributed by atoms with E-state index in [0.29, 0.717) is 18.4 Å². The molecule has 1 fully saturated rings. The highest BCUT2D eigenvalue weighted by Crippen LogP contribution is 2.36. The molecule has 1 aliphatic heterocycles. The first-order valence-electron chi connectivity index (χ1n) is 9.02. The lowest BCUT2D eigenvalue weighted by atomic mass is 9.81. The summed E-state index contributed by atoms with van der Waals surface area (Å²) in [5, 5.41) is 0. The molecule has 1 aliphatic rings. The minimum Gasteiger partial charge on any atom is -0.377 e. The molecule has 24 heavy (non-hydrogen) atoms. The van der Waals surface area contributed by atoms with Gasteiger partial charge in [0, 0.05) is 11.8 Å². The predicted molar refractivity (Wildman–Crippen MR) is 98.1 cm³/mol. The van der Waals surface area contributed by atoms with Gasteiger partial charge in [-0.1, -0.05) is 74.0 Å². The molecule has 0 spiro atoms. The van der Waals surface area contributed by atoms with Gasteiger partial charge < -0.3 is 9.47 Å². The highest BCUT2D eigenvalue weighted by molar-refractivity contribution is 5.26. The van der Waals surface area contributed by atoms with Gasteiger partial charge in [-0.25, -0.2) is 0 Å². The van der Waals surface area contributed by atoms with Crippen LogP contribution in [-0.2, 0) is 16.1 Å². The van der Waals surface area contributed by atoms with Crippen molar-refractivity contribution < 1.29 is 9.47 Å². The number of rotatable bonds is 5. The molecule has 128 valence electrons. The van der Waals surface area contributed by atoms with E-state index >= 15 is 0 Å². The molecule has 1 heterocycles. The molecule has 2 nitrogen and oxygen atoms in total. The second kappa shape index (κ2) is 7.96. The summed E-state index contributed by atoms with van der Waals surface area (Å²) in [5.41, 5.74) is 3.84. The van der Waals surface area contributed by atoms with Gasteiger partial charge >= 0.3 is 0 Å². The third kappa shape index (κ3) is 3.88.